The van der Waals surface area contributed by atoms with Gasteiger partial charge in [-0.1, -0.05) is 35.8 Å². The van der Waals surface area contributed by atoms with Crippen LogP contribution in [0.2, 0.25) is 0 Å². The van der Waals surface area contributed by atoms with Crippen LogP contribution in [0.5, 0.6) is 5.75 Å². The Balaban J connectivity index is 2.99. The molecule has 1 aromatic carbocycles. The van der Waals surface area contributed by atoms with Crippen LogP contribution >= 0.6 is 15.9 Å². The maximum Gasteiger partial charge on any atom is 0.124 e. The third-order valence-electron chi connectivity index (χ3n) is 2.63. The predicted octanol–water partition coefficient (Wildman–Crippen LogP) is 3.76. The minimum Gasteiger partial charge on any atom is -0.496 e. The van der Waals surface area contributed by atoms with Gasteiger partial charge in [-0.3, -0.25) is 0 Å². The minimum atomic E-state index is 0.350. The van der Waals surface area contributed by atoms with E-state index in [0.29, 0.717) is 12.0 Å². The predicted molar refractivity (Wildman–Crippen MR) is 71.9 cm³/mol. The Morgan fingerprint density at radius 1 is 1.38 bits per heavy atom. The standard InChI is InChI=1S/C13H20BrNO/c1-9(2)7-12(15-3)11-6-5-10(14)8-13(11)16-4/h5-6,8-9,12,15H,7H2,1-4H3. The Kier molecular flexibility index (Phi) is 5.29. The van der Waals surface area contributed by atoms with Crippen molar-refractivity contribution >= 4 is 15.9 Å². The fraction of sp³-hybridized carbons (Fsp3) is 0.538. The highest BCUT2D eigenvalue weighted by Gasteiger charge is 2.15. The minimum absolute atomic E-state index is 0.350. The van der Waals surface area contributed by atoms with Gasteiger partial charge in [-0.2, -0.15) is 0 Å². The molecule has 0 bridgehead atoms. The van der Waals surface area contributed by atoms with Crippen LogP contribution in [0.25, 0.3) is 0 Å². The van der Waals surface area contributed by atoms with Crippen molar-refractivity contribution in [3.8, 4) is 5.75 Å². The molecular formula is C13H20BrNO. The summed E-state index contributed by atoms with van der Waals surface area (Å²) in [6.45, 7) is 4.46. The first-order chi connectivity index (χ1) is 7.58. The van der Waals surface area contributed by atoms with Crippen LogP contribution < -0.4 is 10.1 Å². The number of methoxy groups -OCH3 is 1. The van der Waals surface area contributed by atoms with Crippen LogP contribution in [-0.2, 0) is 0 Å². The van der Waals surface area contributed by atoms with Gasteiger partial charge < -0.3 is 10.1 Å². The van der Waals surface area contributed by atoms with Crippen molar-refractivity contribution in [1.29, 1.82) is 0 Å². The molecule has 0 radical (unpaired) electrons. The Hall–Kier alpha value is -0.540. The molecule has 0 heterocycles. The van der Waals surface area contributed by atoms with E-state index in [1.807, 2.05) is 13.1 Å². The summed E-state index contributed by atoms with van der Waals surface area (Å²) in [5.41, 5.74) is 1.22. The van der Waals surface area contributed by atoms with E-state index in [0.717, 1.165) is 16.6 Å². The first kappa shape index (κ1) is 13.5. The molecule has 1 atom stereocenters. The summed E-state index contributed by atoms with van der Waals surface area (Å²) < 4.78 is 6.47. The van der Waals surface area contributed by atoms with Crippen LogP contribution in [0.1, 0.15) is 31.9 Å². The van der Waals surface area contributed by atoms with Gasteiger partial charge in [0.2, 0.25) is 0 Å². The number of rotatable bonds is 5. The maximum absolute atomic E-state index is 5.42. The molecule has 0 amide bonds. The summed E-state index contributed by atoms with van der Waals surface area (Å²) in [6, 6.07) is 6.54. The van der Waals surface area contributed by atoms with Crippen molar-refractivity contribution < 1.29 is 4.74 Å². The molecule has 2 nitrogen and oxygen atoms in total. The highest BCUT2D eigenvalue weighted by Crippen LogP contribution is 2.31. The van der Waals surface area contributed by atoms with Crippen molar-refractivity contribution in [3.05, 3.63) is 28.2 Å². The summed E-state index contributed by atoms with van der Waals surface area (Å²) in [7, 11) is 3.71. The molecule has 3 heteroatoms. The van der Waals surface area contributed by atoms with E-state index in [2.05, 4.69) is 47.2 Å². The first-order valence-electron chi connectivity index (χ1n) is 5.59. The molecular weight excluding hydrogens is 266 g/mol. The van der Waals surface area contributed by atoms with Crippen LogP contribution in [0.4, 0.5) is 0 Å². The summed E-state index contributed by atoms with van der Waals surface area (Å²) in [6.07, 6.45) is 1.11. The Morgan fingerprint density at radius 3 is 2.56 bits per heavy atom. The van der Waals surface area contributed by atoms with E-state index in [1.54, 1.807) is 7.11 Å². The number of hydrogen-bond acceptors (Lipinski definition) is 2. The van der Waals surface area contributed by atoms with Crippen molar-refractivity contribution in [2.75, 3.05) is 14.2 Å². The number of halogens is 1. The van der Waals surface area contributed by atoms with Gasteiger partial charge in [0.25, 0.3) is 0 Å². The molecule has 0 aliphatic rings. The molecule has 0 spiro atoms. The molecule has 0 aromatic heterocycles. The van der Waals surface area contributed by atoms with E-state index >= 15 is 0 Å². The molecule has 0 aliphatic carbocycles. The second kappa shape index (κ2) is 6.26. The topological polar surface area (TPSA) is 21.3 Å². The third kappa shape index (κ3) is 3.49. The molecule has 1 unspecified atom stereocenters. The van der Waals surface area contributed by atoms with Crippen molar-refractivity contribution in [2.24, 2.45) is 5.92 Å². The highest BCUT2D eigenvalue weighted by molar-refractivity contribution is 9.10. The van der Waals surface area contributed by atoms with Gasteiger partial charge in [0, 0.05) is 16.1 Å². The van der Waals surface area contributed by atoms with Crippen molar-refractivity contribution in [3.63, 3.8) is 0 Å². The third-order valence-corrected chi connectivity index (χ3v) is 3.12. The molecule has 1 aromatic rings. The number of ether oxygens (including phenoxy) is 1. The summed E-state index contributed by atoms with van der Waals surface area (Å²) in [5, 5.41) is 3.35. The average molecular weight is 286 g/mol. The van der Waals surface area contributed by atoms with E-state index in [9.17, 15) is 0 Å². The zero-order valence-corrected chi connectivity index (χ0v) is 12.0. The lowest BCUT2D eigenvalue weighted by molar-refractivity contribution is 0.389. The number of hydrogen-bond donors (Lipinski definition) is 1. The molecule has 0 saturated heterocycles. The Labute approximate surface area is 107 Å². The van der Waals surface area contributed by atoms with Gasteiger partial charge in [-0.25, -0.2) is 0 Å². The van der Waals surface area contributed by atoms with Gasteiger partial charge in [0.1, 0.15) is 5.75 Å². The molecule has 0 saturated carbocycles. The van der Waals surface area contributed by atoms with Gasteiger partial charge in [0.05, 0.1) is 7.11 Å². The Bertz CT molecular complexity index is 339. The average Bonchev–Trinajstić information content (AvgIpc) is 2.25. The van der Waals surface area contributed by atoms with Gasteiger partial charge in [-0.15, -0.1) is 0 Å². The normalized spacial score (nSPS) is 12.9. The van der Waals surface area contributed by atoms with Crippen molar-refractivity contribution in [2.45, 2.75) is 26.3 Å². The van der Waals surface area contributed by atoms with Gasteiger partial charge in [-0.05, 0) is 31.5 Å². The lowest BCUT2D eigenvalue weighted by Gasteiger charge is -2.21. The molecule has 0 aliphatic heterocycles. The zero-order valence-electron chi connectivity index (χ0n) is 10.4. The molecule has 0 fully saturated rings. The lowest BCUT2D eigenvalue weighted by atomic mass is 9.96. The molecule has 1 N–H and O–H groups in total. The van der Waals surface area contributed by atoms with E-state index in [1.165, 1.54) is 5.56 Å². The SMILES string of the molecule is CNC(CC(C)C)c1ccc(Br)cc1OC. The second-order valence-corrected chi connectivity index (χ2v) is 5.27. The fourth-order valence-electron chi connectivity index (χ4n) is 1.84. The molecule has 16 heavy (non-hydrogen) atoms. The van der Waals surface area contributed by atoms with E-state index in [4.69, 9.17) is 4.74 Å². The van der Waals surface area contributed by atoms with Crippen molar-refractivity contribution in [1.82, 2.24) is 5.32 Å². The summed E-state index contributed by atoms with van der Waals surface area (Å²) in [5.74, 6) is 1.60. The fourth-order valence-corrected chi connectivity index (χ4v) is 2.18. The van der Waals surface area contributed by atoms with E-state index in [-0.39, 0.29) is 0 Å². The second-order valence-electron chi connectivity index (χ2n) is 4.36. The van der Waals surface area contributed by atoms with Gasteiger partial charge >= 0.3 is 0 Å². The number of benzene rings is 1. The van der Waals surface area contributed by atoms with Crippen LogP contribution in [0.3, 0.4) is 0 Å². The highest BCUT2D eigenvalue weighted by atomic mass is 79.9. The van der Waals surface area contributed by atoms with Crippen LogP contribution in [0, 0.1) is 5.92 Å². The molecule has 90 valence electrons. The first-order valence-corrected chi connectivity index (χ1v) is 6.38. The van der Waals surface area contributed by atoms with Crippen LogP contribution in [-0.4, -0.2) is 14.2 Å². The molecule has 1 rings (SSSR count). The van der Waals surface area contributed by atoms with Gasteiger partial charge in [0.15, 0.2) is 0 Å². The quantitative estimate of drug-likeness (QED) is 0.889. The number of nitrogens with one attached hydrogen (secondary N) is 1. The summed E-state index contributed by atoms with van der Waals surface area (Å²) in [4.78, 5) is 0. The monoisotopic (exact) mass is 285 g/mol. The van der Waals surface area contributed by atoms with Crippen LogP contribution in [0.15, 0.2) is 22.7 Å². The Morgan fingerprint density at radius 2 is 2.06 bits per heavy atom. The largest absolute Gasteiger partial charge is 0.496 e. The maximum atomic E-state index is 5.42. The summed E-state index contributed by atoms with van der Waals surface area (Å²) >= 11 is 3.46. The van der Waals surface area contributed by atoms with E-state index < -0.39 is 0 Å². The smallest absolute Gasteiger partial charge is 0.124 e. The lowest BCUT2D eigenvalue weighted by Crippen LogP contribution is -2.19. The zero-order chi connectivity index (χ0) is 12.1.